The van der Waals surface area contributed by atoms with Crippen molar-refractivity contribution in [2.24, 2.45) is 46.8 Å². The molecule has 17 heavy (non-hydrogen) atoms. The Morgan fingerprint density at radius 3 is 1.88 bits per heavy atom. The number of hydrogen-bond donors (Lipinski definition) is 1. The van der Waals surface area contributed by atoms with E-state index in [9.17, 15) is 8.42 Å². The van der Waals surface area contributed by atoms with Crippen LogP contribution in [0.5, 0.6) is 0 Å². The van der Waals surface area contributed by atoms with Crippen molar-refractivity contribution in [1.29, 1.82) is 0 Å². The van der Waals surface area contributed by atoms with Crippen LogP contribution in [0.25, 0.3) is 0 Å². The van der Waals surface area contributed by atoms with E-state index in [0.717, 1.165) is 41.4 Å². The molecular formula is C13H19NO2S. The van der Waals surface area contributed by atoms with E-state index in [0.29, 0.717) is 5.41 Å². The summed E-state index contributed by atoms with van der Waals surface area (Å²) in [7, 11) is -3.01. The van der Waals surface area contributed by atoms with Gasteiger partial charge in [0, 0.05) is 5.54 Å². The van der Waals surface area contributed by atoms with E-state index in [-0.39, 0.29) is 5.54 Å². The van der Waals surface area contributed by atoms with Crippen molar-refractivity contribution < 1.29 is 8.42 Å². The predicted octanol–water partition coefficient (Wildman–Crippen LogP) is 1.07. The minimum Gasteiger partial charge on any atom is -0.213 e. The van der Waals surface area contributed by atoms with Gasteiger partial charge in [-0.15, -0.1) is 0 Å². The number of hydrogen-bond acceptors (Lipinski definition) is 2. The molecule has 4 heteroatoms. The number of sulfonamides is 1. The molecule has 6 saturated carbocycles. The minimum atomic E-state index is -3.01. The average molecular weight is 253 g/mol. The summed E-state index contributed by atoms with van der Waals surface area (Å²) < 4.78 is 25.9. The lowest BCUT2D eigenvalue weighted by Gasteiger charge is -3.11. The van der Waals surface area contributed by atoms with Gasteiger partial charge < -0.3 is 0 Å². The van der Waals surface area contributed by atoms with Crippen molar-refractivity contribution in [3.8, 4) is 0 Å². The Bertz CT molecular complexity index is 496. The lowest BCUT2D eigenvalue weighted by atomic mass is 8.94. The molecule has 0 spiro atoms. The molecular weight excluding hydrogens is 234 g/mol. The van der Waals surface area contributed by atoms with E-state index in [4.69, 9.17) is 0 Å². The van der Waals surface area contributed by atoms with Gasteiger partial charge in [-0.2, -0.15) is 0 Å². The van der Waals surface area contributed by atoms with Crippen LogP contribution >= 0.6 is 0 Å². The quantitative estimate of drug-likeness (QED) is 0.814. The van der Waals surface area contributed by atoms with E-state index in [2.05, 4.69) is 18.6 Å². The predicted molar refractivity (Wildman–Crippen MR) is 63.5 cm³/mol. The van der Waals surface area contributed by atoms with Gasteiger partial charge in [-0.3, -0.25) is 0 Å². The summed E-state index contributed by atoms with van der Waals surface area (Å²) in [6.07, 6.45) is 2.71. The second kappa shape index (κ2) is 2.11. The summed E-state index contributed by atoms with van der Waals surface area (Å²) in [4.78, 5) is 0. The molecule has 0 heterocycles. The van der Waals surface area contributed by atoms with Crippen LogP contribution in [0.3, 0.4) is 0 Å². The Morgan fingerprint density at radius 1 is 1.06 bits per heavy atom. The first-order chi connectivity index (χ1) is 7.86. The smallest absolute Gasteiger partial charge is 0.209 e. The zero-order chi connectivity index (χ0) is 12.0. The van der Waals surface area contributed by atoms with Crippen molar-refractivity contribution in [2.45, 2.75) is 25.8 Å². The SMILES string of the molecule is CC(C)CC12C3C4C1C1C2C3C41NS(C)(=O)=O. The zero-order valence-electron chi connectivity index (χ0n) is 10.5. The van der Waals surface area contributed by atoms with Gasteiger partial charge in [0.2, 0.25) is 10.0 Å². The van der Waals surface area contributed by atoms with Crippen LogP contribution < -0.4 is 4.72 Å². The topological polar surface area (TPSA) is 46.2 Å². The molecule has 3 nitrogen and oxygen atoms in total. The first kappa shape index (κ1) is 9.79. The lowest BCUT2D eigenvalue weighted by Crippen LogP contribution is -3.15. The van der Waals surface area contributed by atoms with Gasteiger partial charge in [0.15, 0.2) is 0 Å². The highest BCUT2D eigenvalue weighted by molar-refractivity contribution is 7.88. The van der Waals surface area contributed by atoms with Crippen LogP contribution in [0.2, 0.25) is 0 Å². The fourth-order valence-corrected chi connectivity index (χ4v) is 8.44. The largest absolute Gasteiger partial charge is 0.213 e. The molecule has 0 bridgehead atoms. The molecule has 0 radical (unpaired) electrons. The molecule has 0 aromatic heterocycles. The van der Waals surface area contributed by atoms with Crippen LogP contribution in [0, 0.1) is 46.8 Å². The molecule has 0 amide bonds. The summed E-state index contributed by atoms with van der Waals surface area (Å²) in [6, 6.07) is 0. The Labute approximate surface area is 102 Å². The van der Waals surface area contributed by atoms with Gasteiger partial charge >= 0.3 is 0 Å². The molecule has 6 aliphatic carbocycles. The van der Waals surface area contributed by atoms with Crippen molar-refractivity contribution >= 4 is 10.0 Å². The van der Waals surface area contributed by atoms with E-state index < -0.39 is 10.0 Å². The van der Waals surface area contributed by atoms with Crippen molar-refractivity contribution in [2.75, 3.05) is 6.26 Å². The van der Waals surface area contributed by atoms with Crippen LogP contribution in [-0.4, -0.2) is 20.2 Å². The van der Waals surface area contributed by atoms with E-state index in [1.807, 2.05) is 0 Å². The molecule has 6 fully saturated rings. The third kappa shape index (κ3) is 0.612. The number of rotatable bonds is 4. The maximum Gasteiger partial charge on any atom is 0.209 e. The molecule has 0 unspecified atom stereocenters. The molecule has 94 valence electrons. The Hall–Kier alpha value is -0.0900. The molecule has 1 N–H and O–H groups in total. The summed E-state index contributed by atoms with van der Waals surface area (Å²) >= 11 is 0. The van der Waals surface area contributed by atoms with E-state index in [1.165, 1.54) is 12.7 Å². The first-order valence-electron chi connectivity index (χ1n) is 6.84. The molecule has 6 aliphatic rings. The van der Waals surface area contributed by atoms with Crippen LogP contribution in [0.1, 0.15) is 20.3 Å². The van der Waals surface area contributed by atoms with Gasteiger partial charge in [-0.25, -0.2) is 13.1 Å². The van der Waals surface area contributed by atoms with Gasteiger partial charge in [0.25, 0.3) is 0 Å². The molecule has 0 aromatic rings. The van der Waals surface area contributed by atoms with Gasteiger partial charge in [-0.05, 0) is 53.3 Å². The zero-order valence-corrected chi connectivity index (χ0v) is 11.3. The highest BCUT2D eigenvalue weighted by atomic mass is 32.2. The second-order valence-electron chi connectivity index (χ2n) is 7.67. The summed E-state index contributed by atoms with van der Waals surface area (Å²) in [5, 5.41) is 0. The third-order valence-corrected chi connectivity index (χ3v) is 7.69. The van der Waals surface area contributed by atoms with Crippen molar-refractivity contribution in [1.82, 2.24) is 4.72 Å². The summed E-state index contributed by atoms with van der Waals surface area (Å²) in [5.41, 5.74) is 0.779. The monoisotopic (exact) mass is 253 g/mol. The maximum atomic E-state index is 11.5. The minimum absolute atomic E-state index is 0.0757. The molecule has 0 aromatic carbocycles. The van der Waals surface area contributed by atoms with Gasteiger partial charge in [-0.1, -0.05) is 13.8 Å². The van der Waals surface area contributed by atoms with Gasteiger partial charge in [0.05, 0.1) is 6.26 Å². The van der Waals surface area contributed by atoms with Crippen molar-refractivity contribution in [3.05, 3.63) is 0 Å². The molecule has 0 saturated heterocycles. The van der Waals surface area contributed by atoms with Crippen LogP contribution in [0.4, 0.5) is 0 Å². The van der Waals surface area contributed by atoms with Crippen LogP contribution in [0.15, 0.2) is 0 Å². The number of nitrogens with one attached hydrogen (secondary N) is 1. The van der Waals surface area contributed by atoms with E-state index in [1.54, 1.807) is 0 Å². The molecule has 6 rings (SSSR count). The molecule has 0 aliphatic heterocycles. The van der Waals surface area contributed by atoms with Crippen LogP contribution in [-0.2, 0) is 10.0 Å². The Kier molecular flexibility index (Phi) is 1.22. The van der Waals surface area contributed by atoms with E-state index >= 15 is 0 Å². The Morgan fingerprint density at radius 2 is 1.53 bits per heavy atom. The molecule has 0 atom stereocenters. The van der Waals surface area contributed by atoms with Gasteiger partial charge in [0.1, 0.15) is 0 Å². The standard InChI is InChI=1S/C13H19NO2S/c1-5(2)4-12-6-9-7(12)11-8(12)10(6)13(9,11)14-17(3,15)16/h5-11,14H,4H2,1-3H3. The highest BCUT2D eigenvalue weighted by Crippen LogP contribution is 3.07. The highest BCUT2D eigenvalue weighted by Gasteiger charge is 3.09. The third-order valence-electron chi connectivity index (χ3n) is 6.96. The summed E-state index contributed by atoms with van der Waals surface area (Å²) in [5.74, 6) is 5.71. The normalized spacial score (nSPS) is 67.3. The fourth-order valence-electron chi connectivity index (χ4n) is 7.39. The average Bonchev–Trinajstić information content (AvgIpc) is 2.20. The first-order valence-corrected chi connectivity index (χ1v) is 8.74. The lowest BCUT2D eigenvalue weighted by molar-refractivity contribution is -0.626. The second-order valence-corrected chi connectivity index (χ2v) is 9.42. The fraction of sp³-hybridized carbons (Fsp3) is 1.00. The maximum absolute atomic E-state index is 11.5. The van der Waals surface area contributed by atoms with Crippen molar-refractivity contribution in [3.63, 3.8) is 0 Å². The Balaban J connectivity index is 1.44. The summed E-state index contributed by atoms with van der Waals surface area (Å²) in [6.45, 7) is 4.65.